The maximum absolute atomic E-state index is 6.21. The smallest absolute Gasteiger partial charge is 0.127 e. The summed E-state index contributed by atoms with van der Waals surface area (Å²) in [4.78, 5) is 0. The van der Waals surface area contributed by atoms with Crippen LogP contribution in [0.15, 0.2) is 72.8 Å². The molecule has 0 unspecified atom stereocenters. The van der Waals surface area contributed by atoms with E-state index in [9.17, 15) is 0 Å². The molecule has 0 fully saturated rings. The molecule has 3 aromatic rings. The lowest BCUT2D eigenvalue weighted by molar-refractivity contribution is 0.175. The first-order chi connectivity index (χ1) is 12.8. The van der Waals surface area contributed by atoms with Crippen molar-refractivity contribution >= 4 is 0 Å². The van der Waals surface area contributed by atoms with Crippen LogP contribution in [0, 0.1) is 0 Å². The maximum atomic E-state index is 6.21. The van der Waals surface area contributed by atoms with Crippen molar-refractivity contribution in [2.45, 2.75) is 25.6 Å². The largest absolute Gasteiger partial charge is 0.497 e. The third-order valence-electron chi connectivity index (χ3n) is 4.72. The van der Waals surface area contributed by atoms with Crippen molar-refractivity contribution < 1.29 is 14.2 Å². The van der Waals surface area contributed by atoms with Crippen molar-refractivity contribution in [2.24, 2.45) is 0 Å². The zero-order chi connectivity index (χ0) is 17.8. The summed E-state index contributed by atoms with van der Waals surface area (Å²) in [6.07, 6.45) is 2.05. The van der Waals surface area contributed by atoms with Crippen LogP contribution in [0.4, 0.5) is 0 Å². The highest BCUT2D eigenvalue weighted by molar-refractivity contribution is 5.43. The number of fused-ring (bicyclic) bond motifs is 1. The first-order valence-electron chi connectivity index (χ1n) is 8.92. The third kappa shape index (κ3) is 3.67. The van der Waals surface area contributed by atoms with E-state index in [1.807, 2.05) is 42.5 Å². The molecule has 1 aliphatic rings. The Hall–Kier alpha value is -2.94. The van der Waals surface area contributed by atoms with Gasteiger partial charge in [0.1, 0.15) is 30.0 Å². The molecule has 0 N–H and O–H groups in total. The van der Waals surface area contributed by atoms with Gasteiger partial charge < -0.3 is 14.2 Å². The molecule has 0 amide bonds. The van der Waals surface area contributed by atoms with Gasteiger partial charge in [0, 0.05) is 6.07 Å². The Kier molecular flexibility index (Phi) is 4.78. The standard InChI is InChI=1S/C23H22O3/c1-24-21-13-9-19-10-14-22(26-23(19)15-21)18-7-11-20(12-8-18)25-16-17-5-3-2-4-6-17/h2-9,11-13,15,22H,10,14,16H2,1H3/t22-/m0/s1. The van der Waals surface area contributed by atoms with Crippen LogP contribution in [0.5, 0.6) is 17.2 Å². The van der Waals surface area contributed by atoms with E-state index < -0.39 is 0 Å². The average Bonchev–Trinajstić information content (AvgIpc) is 2.72. The molecule has 1 aliphatic heterocycles. The zero-order valence-corrected chi connectivity index (χ0v) is 14.9. The van der Waals surface area contributed by atoms with Crippen LogP contribution >= 0.6 is 0 Å². The van der Waals surface area contributed by atoms with Crippen molar-refractivity contribution in [3.8, 4) is 17.2 Å². The number of hydrogen-bond donors (Lipinski definition) is 0. The minimum atomic E-state index is 0.0674. The molecule has 1 heterocycles. The van der Waals surface area contributed by atoms with Crippen LogP contribution in [0.1, 0.15) is 29.2 Å². The van der Waals surface area contributed by atoms with Crippen LogP contribution in [0.3, 0.4) is 0 Å². The molecule has 0 spiro atoms. The monoisotopic (exact) mass is 346 g/mol. The number of hydrogen-bond acceptors (Lipinski definition) is 3. The molecule has 132 valence electrons. The molecule has 26 heavy (non-hydrogen) atoms. The number of aryl methyl sites for hydroxylation is 1. The second kappa shape index (κ2) is 7.52. The van der Waals surface area contributed by atoms with E-state index in [1.54, 1.807) is 7.11 Å². The number of ether oxygens (including phenoxy) is 3. The predicted molar refractivity (Wildman–Crippen MR) is 102 cm³/mol. The fourth-order valence-electron chi connectivity index (χ4n) is 3.23. The summed E-state index contributed by atoms with van der Waals surface area (Å²) in [5.41, 5.74) is 3.58. The minimum absolute atomic E-state index is 0.0674. The summed E-state index contributed by atoms with van der Waals surface area (Å²) in [6, 6.07) is 24.5. The summed E-state index contributed by atoms with van der Waals surface area (Å²) >= 11 is 0. The van der Waals surface area contributed by atoms with Crippen LogP contribution < -0.4 is 14.2 Å². The van der Waals surface area contributed by atoms with E-state index in [1.165, 1.54) is 11.1 Å². The Morgan fingerprint density at radius 1 is 0.923 bits per heavy atom. The van der Waals surface area contributed by atoms with E-state index in [-0.39, 0.29) is 6.10 Å². The van der Waals surface area contributed by atoms with Gasteiger partial charge in [0.05, 0.1) is 7.11 Å². The number of rotatable bonds is 5. The molecular weight excluding hydrogens is 324 g/mol. The molecular formula is C23H22O3. The van der Waals surface area contributed by atoms with Gasteiger partial charge in [-0.1, -0.05) is 48.5 Å². The summed E-state index contributed by atoms with van der Waals surface area (Å²) < 4.78 is 17.4. The Balaban J connectivity index is 1.42. The molecule has 3 nitrogen and oxygen atoms in total. The minimum Gasteiger partial charge on any atom is -0.497 e. The predicted octanol–water partition coefficient (Wildman–Crippen LogP) is 5.34. The first kappa shape index (κ1) is 16.5. The highest BCUT2D eigenvalue weighted by Crippen LogP contribution is 2.37. The molecule has 3 heteroatoms. The van der Waals surface area contributed by atoms with Crippen LogP contribution in [0.2, 0.25) is 0 Å². The first-order valence-corrected chi connectivity index (χ1v) is 8.92. The fraction of sp³-hybridized carbons (Fsp3) is 0.217. The van der Waals surface area contributed by atoms with E-state index in [0.717, 1.165) is 35.7 Å². The van der Waals surface area contributed by atoms with Gasteiger partial charge in [-0.25, -0.2) is 0 Å². The topological polar surface area (TPSA) is 27.7 Å². The number of methoxy groups -OCH3 is 1. The molecule has 0 saturated carbocycles. The Bertz CT molecular complexity index is 856. The SMILES string of the molecule is COc1ccc2c(c1)O[C@H](c1ccc(OCc3ccccc3)cc1)CC2. The van der Waals surface area contributed by atoms with Gasteiger partial charge in [-0.3, -0.25) is 0 Å². The van der Waals surface area contributed by atoms with Crippen molar-refractivity contribution in [1.29, 1.82) is 0 Å². The summed E-state index contributed by atoms with van der Waals surface area (Å²) in [6.45, 7) is 0.577. The molecule has 1 atom stereocenters. The molecule has 0 radical (unpaired) electrons. The Morgan fingerprint density at radius 3 is 2.46 bits per heavy atom. The zero-order valence-electron chi connectivity index (χ0n) is 14.9. The van der Waals surface area contributed by atoms with E-state index in [2.05, 4.69) is 30.3 Å². The maximum Gasteiger partial charge on any atom is 0.127 e. The van der Waals surface area contributed by atoms with Crippen LogP contribution in [0.25, 0.3) is 0 Å². The van der Waals surface area contributed by atoms with Crippen molar-refractivity contribution in [2.75, 3.05) is 7.11 Å². The second-order valence-electron chi connectivity index (χ2n) is 6.46. The summed E-state index contributed by atoms with van der Waals surface area (Å²) in [5, 5.41) is 0. The molecule has 3 aromatic carbocycles. The van der Waals surface area contributed by atoms with Crippen molar-refractivity contribution in [1.82, 2.24) is 0 Å². The molecule has 0 aliphatic carbocycles. The van der Waals surface area contributed by atoms with Crippen molar-refractivity contribution in [3.05, 3.63) is 89.5 Å². The summed E-state index contributed by atoms with van der Waals surface area (Å²) in [7, 11) is 1.68. The van der Waals surface area contributed by atoms with E-state index in [0.29, 0.717) is 6.61 Å². The molecule has 0 bridgehead atoms. The fourth-order valence-corrected chi connectivity index (χ4v) is 3.23. The highest BCUT2D eigenvalue weighted by atomic mass is 16.5. The lowest BCUT2D eigenvalue weighted by Gasteiger charge is -2.27. The normalized spacial score (nSPS) is 15.7. The average molecular weight is 346 g/mol. The van der Waals surface area contributed by atoms with Gasteiger partial charge in [0.2, 0.25) is 0 Å². The van der Waals surface area contributed by atoms with Gasteiger partial charge in [0.25, 0.3) is 0 Å². The van der Waals surface area contributed by atoms with Crippen molar-refractivity contribution in [3.63, 3.8) is 0 Å². The Morgan fingerprint density at radius 2 is 1.69 bits per heavy atom. The quantitative estimate of drug-likeness (QED) is 0.624. The molecule has 4 rings (SSSR count). The van der Waals surface area contributed by atoms with E-state index >= 15 is 0 Å². The third-order valence-corrected chi connectivity index (χ3v) is 4.72. The summed E-state index contributed by atoms with van der Waals surface area (Å²) in [5.74, 6) is 2.62. The van der Waals surface area contributed by atoms with Gasteiger partial charge in [-0.2, -0.15) is 0 Å². The molecule has 0 aromatic heterocycles. The molecule has 0 saturated heterocycles. The highest BCUT2D eigenvalue weighted by Gasteiger charge is 2.21. The van der Waals surface area contributed by atoms with Crippen LogP contribution in [-0.4, -0.2) is 7.11 Å². The van der Waals surface area contributed by atoms with E-state index in [4.69, 9.17) is 14.2 Å². The van der Waals surface area contributed by atoms with Gasteiger partial charge >= 0.3 is 0 Å². The lowest BCUT2D eigenvalue weighted by Crippen LogP contribution is -2.15. The lowest BCUT2D eigenvalue weighted by atomic mass is 9.97. The van der Waals surface area contributed by atoms with Crippen LogP contribution in [-0.2, 0) is 13.0 Å². The second-order valence-corrected chi connectivity index (χ2v) is 6.46. The van der Waals surface area contributed by atoms with Gasteiger partial charge in [-0.15, -0.1) is 0 Å². The Labute approximate surface area is 154 Å². The van der Waals surface area contributed by atoms with Gasteiger partial charge in [-0.05, 0) is 47.7 Å². The van der Waals surface area contributed by atoms with Gasteiger partial charge in [0.15, 0.2) is 0 Å². The number of benzene rings is 3.